The summed E-state index contributed by atoms with van der Waals surface area (Å²) in [6.45, 7) is 4.89. The number of pyridine rings is 1. The molecule has 37 heavy (non-hydrogen) atoms. The van der Waals surface area contributed by atoms with Gasteiger partial charge in [-0.15, -0.1) is 0 Å². The summed E-state index contributed by atoms with van der Waals surface area (Å²) in [5.74, 6) is -1.05. The van der Waals surface area contributed by atoms with E-state index >= 15 is 4.39 Å². The Morgan fingerprint density at radius 1 is 1.24 bits per heavy atom. The number of amides is 1. The van der Waals surface area contributed by atoms with E-state index in [1.807, 2.05) is 18.9 Å². The van der Waals surface area contributed by atoms with Gasteiger partial charge in [-0.25, -0.2) is 4.39 Å². The molecule has 2 aromatic carbocycles. The molecule has 1 aromatic heterocycles. The van der Waals surface area contributed by atoms with E-state index in [0.717, 1.165) is 19.2 Å². The second-order valence-corrected chi connectivity index (χ2v) is 9.57. The Morgan fingerprint density at radius 3 is 2.65 bits per heavy atom. The highest BCUT2D eigenvalue weighted by molar-refractivity contribution is 6.33. The monoisotopic (exact) mass is 530 g/mol. The number of nitro benzene ring substituents is 1. The van der Waals surface area contributed by atoms with E-state index in [4.69, 9.17) is 16.3 Å². The quantitative estimate of drug-likeness (QED) is 0.381. The molecule has 1 saturated heterocycles. The molecule has 0 unspecified atom stereocenters. The Hall–Kier alpha value is -3.90. The van der Waals surface area contributed by atoms with Crippen LogP contribution < -0.4 is 25.9 Å². The number of aromatic nitrogens is 1. The number of hydrazine groups is 1. The maximum Gasteiger partial charge on any atom is 0.275 e. The third-order valence-electron chi connectivity index (χ3n) is 6.68. The van der Waals surface area contributed by atoms with Gasteiger partial charge in [0.2, 0.25) is 5.43 Å². The molecule has 2 aliphatic rings. The number of carbonyl (C=O) groups excluding carboxylic acids is 1. The highest BCUT2D eigenvalue weighted by Gasteiger charge is 2.31. The summed E-state index contributed by atoms with van der Waals surface area (Å²) >= 11 is 6.06. The summed E-state index contributed by atoms with van der Waals surface area (Å²) in [6, 6.07) is 4.64. The zero-order valence-corrected chi connectivity index (χ0v) is 20.8. The van der Waals surface area contributed by atoms with Gasteiger partial charge in [0.25, 0.3) is 11.6 Å². The first kappa shape index (κ1) is 24.8. The van der Waals surface area contributed by atoms with E-state index in [0.29, 0.717) is 30.0 Å². The zero-order valence-electron chi connectivity index (χ0n) is 20.1. The number of anilines is 2. The number of carbonyl (C=O) groups is 1. The fraction of sp³-hybridized carbons (Fsp3) is 0.333. The lowest BCUT2D eigenvalue weighted by Crippen LogP contribution is -2.45. The maximum absolute atomic E-state index is 15.5. The molecule has 1 atom stereocenters. The van der Waals surface area contributed by atoms with E-state index in [1.165, 1.54) is 24.4 Å². The minimum atomic E-state index is -0.770. The third-order valence-corrected chi connectivity index (χ3v) is 6.99. The lowest BCUT2D eigenvalue weighted by atomic mass is 10.0. The summed E-state index contributed by atoms with van der Waals surface area (Å²) in [6.07, 6.45) is 1.45. The number of hydrogen-bond acceptors (Lipinski definition) is 8. The molecule has 0 spiro atoms. The molecule has 0 radical (unpaired) electrons. The number of halogens is 2. The van der Waals surface area contributed by atoms with Gasteiger partial charge in [-0.3, -0.25) is 30.6 Å². The van der Waals surface area contributed by atoms with Gasteiger partial charge in [0.15, 0.2) is 11.6 Å². The molecular formula is C24H24ClFN6O5. The normalized spacial score (nSPS) is 17.4. The van der Waals surface area contributed by atoms with Crippen molar-refractivity contribution in [2.45, 2.75) is 13.0 Å². The van der Waals surface area contributed by atoms with Gasteiger partial charge < -0.3 is 19.1 Å². The summed E-state index contributed by atoms with van der Waals surface area (Å²) in [5, 5.41) is 11.0. The minimum Gasteiger partial charge on any atom is -0.487 e. The van der Waals surface area contributed by atoms with Crippen LogP contribution in [-0.2, 0) is 0 Å². The summed E-state index contributed by atoms with van der Waals surface area (Å²) in [7, 11) is 2.00. The predicted octanol–water partition coefficient (Wildman–Crippen LogP) is 3.16. The van der Waals surface area contributed by atoms with Crippen molar-refractivity contribution in [3.63, 3.8) is 0 Å². The number of hydrogen-bond donors (Lipinski definition) is 2. The highest BCUT2D eigenvalue weighted by atomic mass is 35.5. The van der Waals surface area contributed by atoms with Crippen molar-refractivity contribution in [1.82, 2.24) is 14.9 Å². The predicted molar refractivity (Wildman–Crippen MR) is 137 cm³/mol. The number of piperazine rings is 1. The van der Waals surface area contributed by atoms with Crippen LogP contribution in [0, 0.1) is 15.9 Å². The molecular weight excluding hydrogens is 507 g/mol. The molecule has 0 saturated carbocycles. The Balaban J connectivity index is 1.51. The number of nitrogens with one attached hydrogen (secondary N) is 2. The Labute approximate surface area is 215 Å². The number of likely N-dealkylation sites (N-methyl/N-ethyl adjacent to an activating group) is 1. The SMILES string of the molecule is C[C@H]1COc2c(N3CCN(C)CC3)c(F)cc3c(=O)c(C(=O)NNc4ccc([N+](=O)[O-])cc4Cl)cn1c23. The highest BCUT2D eigenvalue weighted by Crippen LogP contribution is 2.42. The van der Waals surface area contributed by atoms with Gasteiger partial charge >= 0.3 is 0 Å². The van der Waals surface area contributed by atoms with Crippen LogP contribution in [0.15, 0.2) is 35.3 Å². The first-order chi connectivity index (χ1) is 17.7. The molecule has 3 heterocycles. The molecule has 3 aromatic rings. The van der Waals surface area contributed by atoms with Crippen molar-refractivity contribution in [3.05, 3.63) is 67.2 Å². The van der Waals surface area contributed by atoms with Crippen LogP contribution in [0.2, 0.25) is 5.02 Å². The number of nitrogens with zero attached hydrogens (tertiary/aromatic N) is 4. The summed E-state index contributed by atoms with van der Waals surface area (Å²) in [4.78, 5) is 40.7. The molecule has 13 heteroatoms. The van der Waals surface area contributed by atoms with Gasteiger partial charge in [-0.2, -0.15) is 0 Å². The third kappa shape index (κ3) is 4.42. The zero-order chi connectivity index (χ0) is 26.4. The van der Waals surface area contributed by atoms with Gasteiger partial charge in [0.1, 0.15) is 17.9 Å². The number of non-ortho nitro benzene ring substituents is 1. The molecule has 1 fully saturated rings. The summed E-state index contributed by atoms with van der Waals surface area (Å²) in [5.41, 5.74) is 4.89. The molecule has 2 N–H and O–H groups in total. The van der Waals surface area contributed by atoms with Crippen molar-refractivity contribution in [2.24, 2.45) is 0 Å². The van der Waals surface area contributed by atoms with Crippen LogP contribution in [0.5, 0.6) is 5.75 Å². The molecule has 5 rings (SSSR count). The van der Waals surface area contributed by atoms with E-state index in [9.17, 15) is 19.7 Å². The molecule has 2 aliphatic heterocycles. The lowest BCUT2D eigenvalue weighted by Gasteiger charge is -2.37. The number of ether oxygens (including phenoxy) is 1. The molecule has 1 amide bonds. The van der Waals surface area contributed by atoms with Gasteiger partial charge in [-0.05, 0) is 26.1 Å². The average Bonchev–Trinajstić information content (AvgIpc) is 2.87. The maximum atomic E-state index is 15.5. The van der Waals surface area contributed by atoms with Crippen LogP contribution in [0.25, 0.3) is 10.9 Å². The second kappa shape index (κ2) is 9.52. The fourth-order valence-corrected chi connectivity index (χ4v) is 4.83. The van der Waals surface area contributed by atoms with E-state index < -0.39 is 22.1 Å². The van der Waals surface area contributed by atoms with Crippen LogP contribution in [0.1, 0.15) is 23.3 Å². The van der Waals surface area contributed by atoms with Crippen LogP contribution >= 0.6 is 11.6 Å². The van der Waals surface area contributed by atoms with Gasteiger partial charge in [0, 0.05) is 44.5 Å². The van der Waals surface area contributed by atoms with Gasteiger partial charge in [-0.1, -0.05) is 11.6 Å². The Kier molecular flexibility index (Phi) is 6.38. The lowest BCUT2D eigenvalue weighted by molar-refractivity contribution is -0.384. The Bertz CT molecular complexity index is 1490. The second-order valence-electron chi connectivity index (χ2n) is 9.16. The largest absolute Gasteiger partial charge is 0.487 e. The molecule has 0 bridgehead atoms. The van der Waals surface area contributed by atoms with E-state index in [2.05, 4.69) is 15.8 Å². The minimum absolute atomic E-state index is 0.00810. The van der Waals surface area contributed by atoms with Gasteiger partial charge in [0.05, 0.1) is 32.6 Å². The first-order valence-corrected chi connectivity index (χ1v) is 12.0. The topological polar surface area (TPSA) is 122 Å². The van der Waals surface area contributed by atoms with E-state index in [-0.39, 0.29) is 40.0 Å². The Morgan fingerprint density at radius 2 is 1.97 bits per heavy atom. The first-order valence-electron chi connectivity index (χ1n) is 11.6. The van der Waals surface area contributed by atoms with E-state index in [1.54, 1.807) is 4.57 Å². The van der Waals surface area contributed by atoms with Crippen molar-refractivity contribution in [3.8, 4) is 5.75 Å². The standard InChI is InChI=1S/C24H24ClFN6O5/c1-13-12-37-23-20-15(10-18(26)21(23)30-7-5-29(2)6-8-30)22(33)16(11-31(13)20)24(34)28-27-19-4-3-14(32(35)36)9-17(19)25/h3-4,9-11,13,27H,5-8,12H2,1-2H3,(H,28,34)/t13-/m0/s1. The van der Waals surface area contributed by atoms with Crippen molar-refractivity contribution in [2.75, 3.05) is 50.2 Å². The van der Waals surface area contributed by atoms with Crippen LogP contribution in [-0.4, -0.2) is 60.1 Å². The summed E-state index contributed by atoms with van der Waals surface area (Å²) < 4.78 is 23.2. The van der Waals surface area contributed by atoms with Crippen molar-refractivity contribution >= 4 is 45.5 Å². The number of nitro groups is 1. The molecule has 194 valence electrons. The molecule has 0 aliphatic carbocycles. The molecule has 11 nitrogen and oxygen atoms in total. The fourth-order valence-electron chi connectivity index (χ4n) is 4.61. The average molecular weight is 531 g/mol. The number of benzene rings is 2. The van der Waals surface area contributed by atoms with Crippen molar-refractivity contribution in [1.29, 1.82) is 0 Å². The van der Waals surface area contributed by atoms with Crippen molar-refractivity contribution < 1.29 is 18.8 Å². The number of rotatable bonds is 5. The van der Waals surface area contributed by atoms with Crippen LogP contribution in [0.4, 0.5) is 21.5 Å². The van der Waals surface area contributed by atoms with Crippen LogP contribution in [0.3, 0.4) is 0 Å². The smallest absolute Gasteiger partial charge is 0.275 e.